The van der Waals surface area contributed by atoms with Crippen LogP contribution in [0.25, 0.3) is 0 Å². The van der Waals surface area contributed by atoms with Gasteiger partial charge in [-0.15, -0.1) is 0 Å². The highest BCUT2D eigenvalue weighted by atomic mass is 31.1. The minimum absolute atomic E-state index is 0.243. The van der Waals surface area contributed by atoms with E-state index in [0.717, 1.165) is 0 Å². The smallest absolute Gasteiger partial charge is 0.0195 e. The highest BCUT2D eigenvalue weighted by molar-refractivity contribution is 7.73. The van der Waals surface area contributed by atoms with Gasteiger partial charge in [0, 0.05) is 0 Å². The fourth-order valence-corrected chi connectivity index (χ4v) is 9.15. The summed E-state index contributed by atoms with van der Waals surface area (Å²) in [5.74, 6) is 0. The third kappa shape index (κ3) is 7.37. The van der Waals surface area contributed by atoms with Crippen LogP contribution >= 0.6 is 15.8 Å². The molecule has 4 aromatic rings. The number of unbranched alkanes of at least 4 members (excludes halogenated alkanes) is 4. The molecule has 0 spiro atoms. The predicted molar refractivity (Wildman–Crippen MR) is 151 cm³/mol. The van der Waals surface area contributed by atoms with Crippen LogP contribution in [0.1, 0.15) is 32.1 Å². The van der Waals surface area contributed by atoms with Gasteiger partial charge in [0.15, 0.2) is 0 Å². The second kappa shape index (κ2) is 13.4. The summed E-state index contributed by atoms with van der Waals surface area (Å²) >= 11 is 0. The second-order valence-electron chi connectivity index (χ2n) is 8.41. The second-order valence-corrected chi connectivity index (χ2v) is 13.1. The normalized spacial score (nSPS) is 11.2. The molecule has 0 unspecified atom stereocenters. The van der Waals surface area contributed by atoms with Gasteiger partial charge in [-0.3, -0.25) is 0 Å². The van der Waals surface area contributed by atoms with Gasteiger partial charge in [0.2, 0.25) is 0 Å². The average Bonchev–Trinajstić information content (AvgIpc) is 2.90. The number of rotatable bonds is 12. The molecule has 4 aromatic carbocycles. The molecule has 0 aromatic heterocycles. The summed E-state index contributed by atoms with van der Waals surface area (Å²) in [7, 11) is -0.486. The quantitative estimate of drug-likeness (QED) is 0.152. The van der Waals surface area contributed by atoms with E-state index in [2.05, 4.69) is 121 Å². The molecular formula is C31H34P2. The lowest BCUT2D eigenvalue weighted by Gasteiger charge is -2.19. The van der Waals surface area contributed by atoms with Gasteiger partial charge in [-0.1, -0.05) is 141 Å². The molecular weight excluding hydrogens is 434 g/mol. The molecule has 0 amide bonds. The Morgan fingerprint density at radius 2 is 0.545 bits per heavy atom. The van der Waals surface area contributed by atoms with Crippen LogP contribution in [0.15, 0.2) is 121 Å². The van der Waals surface area contributed by atoms with Crippen LogP contribution < -0.4 is 21.2 Å². The highest BCUT2D eigenvalue weighted by Gasteiger charge is 2.14. The van der Waals surface area contributed by atoms with Crippen LogP contribution in [0.4, 0.5) is 0 Å². The molecule has 0 bridgehead atoms. The third-order valence-corrected chi connectivity index (χ3v) is 11.2. The summed E-state index contributed by atoms with van der Waals surface area (Å²) in [4.78, 5) is 0. The summed E-state index contributed by atoms with van der Waals surface area (Å²) in [6.45, 7) is 0. The van der Waals surface area contributed by atoms with Gasteiger partial charge >= 0.3 is 0 Å². The Hall–Kier alpha value is -2.26. The molecule has 0 aliphatic rings. The molecule has 0 N–H and O–H groups in total. The topological polar surface area (TPSA) is 0 Å². The molecule has 0 aliphatic heterocycles. The Balaban J connectivity index is 1.25. The van der Waals surface area contributed by atoms with Gasteiger partial charge in [-0.25, -0.2) is 0 Å². The van der Waals surface area contributed by atoms with Crippen LogP contribution in [0.5, 0.6) is 0 Å². The summed E-state index contributed by atoms with van der Waals surface area (Å²) < 4.78 is 0. The van der Waals surface area contributed by atoms with Crippen molar-refractivity contribution in [3.05, 3.63) is 121 Å². The first-order chi connectivity index (χ1) is 16.4. The maximum atomic E-state index is 2.31. The zero-order chi connectivity index (χ0) is 22.6. The summed E-state index contributed by atoms with van der Waals surface area (Å²) in [6.07, 6.45) is 9.26. The third-order valence-electron chi connectivity index (χ3n) is 6.03. The summed E-state index contributed by atoms with van der Waals surface area (Å²) in [5.41, 5.74) is 0. The van der Waals surface area contributed by atoms with Crippen LogP contribution in [0.2, 0.25) is 0 Å². The van der Waals surface area contributed by atoms with E-state index in [4.69, 9.17) is 0 Å². The molecule has 0 heterocycles. The lowest BCUT2D eigenvalue weighted by Crippen LogP contribution is -2.14. The standard InChI is InChI=1S/C31H34P2/c1(2-16-26-32(28-18-8-4-9-19-28)29-20-10-5-11-21-29)3-17-27-33(30-22-12-6-13-23-30)31-24-14-7-15-25-31/h4-15,18-25H,1-3,16-17,26-27H2. The van der Waals surface area contributed by atoms with Crippen molar-refractivity contribution in [2.24, 2.45) is 0 Å². The first-order valence-electron chi connectivity index (χ1n) is 12.2. The number of hydrogen-bond acceptors (Lipinski definition) is 0. The van der Waals surface area contributed by atoms with E-state index in [0.29, 0.717) is 0 Å². The first-order valence-corrected chi connectivity index (χ1v) is 15.2. The minimum atomic E-state index is -0.243. The fraction of sp³-hybridized carbons (Fsp3) is 0.226. The summed E-state index contributed by atoms with van der Waals surface area (Å²) in [6, 6.07) is 44.5. The van der Waals surface area contributed by atoms with Crippen molar-refractivity contribution in [3.8, 4) is 0 Å². The number of benzene rings is 4. The molecule has 0 saturated heterocycles. The van der Waals surface area contributed by atoms with Crippen molar-refractivity contribution in [1.29, 1.82) is 0 Å². The van der Waals surface area contributed by atoms with Crippen molar-refractivity contribution < 1.29 is 0 Å². The van der Waals surface area contributed by atoms with Crippen molar-refractivity contribution in [3.63, 3.8) is 0 Å². The monoisotopic (exact) mass is 468 g/mol. The van der Waals surface area contributed by atoms with E-state index in [-0.39, 0.29) is 15.8 Å². The van der Waals surface area contributed by atoms with Gasteiger partial charge in [-0.05, 0) is 62.2 Å². The Kier molecular flexibility index (Phi) is 9.73. The van der Waals surface area contributed by atoms with Crippen molar-refractivity contribution in [2.45, 2.75) is 32.1 Å². The van der Waals surface area contributed by atoms with E-state index < -0.39 is 0 Å². The largest absolute Gasteiger partial charge is 0.0622 e. The van der Waals surface area contributed by atoms with Gasteiger partial charge < -0.3 is 0 Å². The van der Waals surface area contributed by atoms with Crippen LogP contribution in [-0.2, 0) is 0 Å². The maximum Gasteiger partial charge on any atom is -0.0195 e. The van der Waals surface area contributed by atoms with Crippen LogP contribution in [0.3, 0.4) is 0 Å². The van der Waals surface area contributed by atoms with Crippen molar-refractivity contribution in [1.82, 2.24) is 0 Å². The Bertz CT molecular complexity index is 867. The molecule has 168 valence electrons. The van der Waals surface area contributed by atoms with E-state index in [9.17, 15) is 0 Å². The van der Waals surface area contributed by atoms with E-state index in [1.54, 1.807) is 0 Å². The average molecular weight is 469 g/mol. The molecule has 0 saturated carbocycles. The van der Waals surface area contributed by atoms with Crippen molar-refractivity contribution >= 4 is 37.1 Å². The number of hydrogen-bond donors (Lipinski definition) is 0. The molecule has 0 aliphatic carbocycles. The van der Waals surface area contributed by atoms with E-state index >= 15 is 0 Å². The van der Waals surface area contributed by atoms with E-state index in [1.165, 1.54) is 65.6 Å². The molecule has 2 heteroatoms. The van der Waals surface area contributed by atoms with Crippen molar-refractivity contribution in [2.75, 3.05) is 12.3 Å². The zero-order valence-electron chi connectivity index (χ0n) is 19.4. The molecule has 0 atom stereocenters. The lowest BCUT2D eigenvalue weighted by atomic mass is 10.2. The molecule has 0 nitrogen and oxygen atoms in total. The van der Waals surface area contributed by atoms with Gasteiger partial charge in [-0.2, -0.15) is 0 Å². The highest BCUT2D eigenvalue weighted by Crippen LogP contribution is 2.36. The lowest BCUT2D eigenvalue weighted by molar-refractivity contribution is 0.661. The van der Waals surface area contributed by atoms with Gasteiger partial charge in [0.05, 0.1) is 0 Å². The van der Waals surface area contributed by atoms with Crippen LogP contribution in [0, 0.1) is 0 Å². The first kappa shape index (κ1) is 23.9. The Morgan fingerprint density at radius 3 is 0.818 bits per heavy atom. The molecule has 4 rings (SSSR count). The van der Waals surface area contributed by atoms with Gasteiger partial charge in [0.25, 0.3) is 0 Å². The summed E-state index contributed by atoms with van der Waals surface area (Å²) in [5, 5.41) is 6.04. The SMILES string of the molecule is c1ccc(P(CCCCCCCP(c2ccccc2)c2ccccc2)c2ccccc2)cc1. The minimum Gasteiger partial charge on any atom is -0.0622 e. The van der Waals surface area contributed by atoms with E-state index in [1.807, 2.05) is 0 Å². The fourth-order valence-electron chi connectivity index (χ4n) is 4.32. The predicted octanol–water partition coefficient (Wildman–Crippen LogP) is 7.20. The Labute approximate surface area is 202 Å². The van der Waals surface area contributed by atoms with Gasteiger partial charge in [0.1, 0.15) is 0 Å². The maximum absolute atomic E-state index is 2.31. The molecule has 0 fully saturated rings. The molecule has 0 radical (unpaired) electrons. The molecule has 33 heavy (non-hydrogen) atoms. The Morgan fingerprint density at radius 1 is 0.303 bits per heavy atom. The van der Waals surface area contributed by atoms with Crippen LogP contribution in [-0.4, -0.2) is 12.3 Å². The zero-order valence-corrected chi connectivity index (χ0v) is 21.2.